The Kier molecular flexibility index (Phi) is 5.15. The normalized spacial score (nSPS) is 22.4. The van der Waals surface area contributed by atoms with Crippen LogP contribution < -0.4 is 0 Å². The Morgan fingerprint density at radius 2 is 2.00 bits per heavy atom. The molecular formula is C12H14F4NO3P. The van der Waals surface area contributed by atoms with Crippen LogP contribution in [0, 0.1) is 5.92 Å². The van der Waals surface area contributed by atoms with Crippen LogP contribution in [0.5, 0.6) is 0 Å². The zero-order valence-electron chi connectivity index (χ0n) is 11.3. The number of halogens is 4. The molecule has 21 heavy (non-hydrogen) atoms. The van der Waals surface area contributed by atoms with Crippen molar-refractivity contribution in [3.63, 3.8) is 0 Å². The van der Waals surface area contributed by atoms with E-state index < -0.39 is 35.7 Å². The second-order valence-electron chi connectivity index (χ2n) is 4.57. The van der Waals surface area contributed by atoms with Crippen molar-refractivity contribution >= 4 is 20.8 Å². The maximum absolute atomic E-state index is 13.4. The van der Waals surface area contributed by atoms with Gasteiger partial charge in [0.25, 0.3) is 5.41 Å². The summed E-state index contributed by atoms with van der Waals surface area (Å²) in [5, 5.41) is -3.63. The zero-order valence-corrected chi connectivity index (χ0v) is 12.4. The first kappa shape index (κ1) is 17.6. The highest BCUT2D eigenvalue weighted by molar-refractivity contribution is 7.18. The molecule has 0 N–H and O–H groups in total. The van der Waals surface area contributed by atoms with Crippen molar-refractivity contribution in [2.75, 3.05) is 13.7 Å². The van der Waals surface area contributed by atoms with Gasteiger partial charge in [-0.15, -0.1) is 0 Å². The first-order valence-corrected chi connectivity index (χ1v) is 6.38. The van der Waals surface area contributed by atoms with Crippen molar-refractivity contribution in [1.82, 2.24) is 4.90 Å². The molecule has 9 heteroatoms. The average Bonchev–Trinajstić information content (AvgIpc) is 2.45. The van der Waals surface area contributed by atoms with Crippen LogP contribution in [0.2, 0.25) is 0 Å². The summed E-state index contributed by atoms with van der Waals surface area (Å²) in [5.41, 5.74) is 0. The number of carbonyl (C=O) groups excluding carboxylic acids is 2. The van der Waals surface area contributed by atoms with Crippen LogP contribution in [0.1, 0.15) is 6.92 Å². The molecule has 0 saturated heterocycles. The molecule has 0 aromatic rings. The molecule has 1 aliphatic rings. The molecule has 4 nitrogen and oxygen atoms in total. The SMILES string of the molecule is CC(=O)C1C=CN(C)C(OCC(F)(P)C(F)(F)F)=CC1=O. The Morgan fingerprint density at radius 1 is 1.43 bits per heavy atom. The third kappa shape index (κ3) is 4.27. The predicted molar refractivity (Wildman–Crippen MR) is 69.7 cm³/mol. The summed E-state index contributed by atoms with van der Waals surface area (Å²) >= 11 is 0. The molecule has 0 aromatic carbocycles. The number of ketones is 2. The van der Waals surface area contributed by atoms with Crippen LogP contribution in [0.25, 0.3) is 0 Å². The number of allylic oxidation sites excluding steroid dienone is 2. The molecular weight excluding hydrogens is 313 g/mol. The van der Waals surface area contributed by atoms with Crippen LogP contribution in [-0.4, -0.2) is 41.7 Å². The molecule has 1 aliphatic heterocycles. The highest BCUT2D eigenvalue weighted by Gasteiger charge is 2.53. The first-order valence-electron chi connectivity index (χ1n) is 5.80. The smallest absolute Gasteiger partial charge is 0.429 e. The molecule has 0 spiro atoms. The molecule has 0 amide bonds. The van der Waals surface area contributed by atoms with E-state index in [0.29, 0.717) is 0 Å². The van der Waals surface area contributed by atoms with Gasteiger partial charge < -0.3 is 9.64 Å². The molecule has 0 radical (unpaired) electrons. The second kappa shape index (κ2) is 6.13. The summed E-state index contributed by atoms with van der Waals surface area (Å²) < 4.78 is 55.3. The largest absolute Gasteiger partial charge is 0.475 e. The molecule has 1 rings (SSSR count). The van der Waals surface area contributed by atoms with Crippen molar-refractivity contribution in [2.24, 2.45) is 5.92 Å². The second-order valence-corrected chi connectivity index (χ2v) is 5.49. The topological polar surface area (TPSA) is 46.6 Å². The molecule has 0 saturated carbocycles. The summed E-state index contributed by atoms with van der Waals surface area (Å²) in [4.78, 5) is 24.2. The van der Waals surface area contributed by atoms with Gasteiger partial charge in [0.05, 0.1) is 5.92 Å². The summed E-state index contributed by atoms with van der Waals surface area (Å²) in [5.74, 6) is -2.35. The van der Waals surface area contributed by atoms with E-state index in [1.165, 1.54) is 31.1 Å². The molecule has 3 atom stereocenters. The monoisotopic (exact) mass is 327 g/mol. The van der Waals surface area contributed by atoms with Gasteiger partial charge in [0.2, 0.25) is 0 Å². The first-order chi connectivity index (χ1) is 9.45. The number of hydrogen-bond donors (Lipinski definition) is 0. The van der Waals surface area contributed by atoms with Gasteiger partial charge in [-0.3, -0.25) is 9.59 Å². The molecule has 3 unspecified atom stereocenters. The maximum atomic E-state index is 13.4. The number of alkyl halides is 4. The number of rotatable bonds is 4. The molecule has 0 aromatic heterocycles. The van der Waals surface area contributed by atoms with E-state index >= 15 is 0 Å². The van der Waals surface area contributed by atoms with Gasteiger partial charge in [0, 0.05) is 19.3 Å². The Hall–Kier alpha value is -1.43. The highest BCUT2D eigenvalue weighted by atomic mass is 31.0. The average molecular weight is 327 g/mol. The molecule has 0 aliphatic carbocycles. The lowest BCUT2D eigenvalue weighted by Gasteiger charge is -2.26. The van der Waals surface area contributed by atoms with E-state index in [9.17, 15) is 27.2 Å². The lowest BCUT2D eigenvalue weighted by Crippen LogP contribution is -2.39. The van der Waals surface area contributed by atoms with Crippen molar-refractivity contribution in [3.05, 3.63) is 24.2 Å². The highest BCUT2D eigenvalue weighted by Crippen LogP contribution is 2.40. The van der Waals surface area contributed by atoms with Gasteiger partial charge in [0.1, 0.15) is 12.4 Å². The minimum absolute atomic E-state index is 0.270. The zero-order chi connectivity index (χ0) is 16.4. The molecule has 1 heterocycles. The van der Waals surface area contributed by atoms with Gasteiger partial charge in [-0.2, -0.15) is 13.2 Å². The molecule has 118 valence electrons. The number of nitrogens with zero attached hydrogens (tertiary/aromatic N) is 1. The third-order valence-corrected chi connectivity index (χ3v) is 3.26. The Bertz CT molecular complexity index is 499. The minimum Gasteiger partial charge on any atom is -0.475 e. The predicted octanol–water partition coefficient (Wildman–Crippen LogP) is 2.18. The number of Topliss-reactive ketones (excluding diaryl/α,β-unsaturated/α-hetero) is 1. The van der Waals surface area contributed by atoms with E-state index in [1.54, 1.807) is 0 Å². The summed E-state index contributed by atoms with van der Waals surface area (Å²) in [6.07, 6.45) is -1.64. The van der Waals surface area contributed by atoms with Crippen LogP contribution in [0.15, 0.2) is 24.2 Å². The Labute approximate surface area is 121 Å². The Morgan fingerprint density at radius 3 is 2.48 bits per heavy atom. The fourth-order valence-electron chi connectivity index (χ4n) is 1.44. The number of hydrogen-bond acceptors (Lipinski definition) is 4. The van der Waals surface area contributed by atoms with Gasteiger partial charge in [0.15, 0.2) is 11.7 Å². The lowest BCUT2D eigenvalue weighted by molar-refractivity contribution is -0.207. The standard InChI is InChI=1S/C12H14F4NO3P/c1-7(18)8-3-4-17(2)10(5-9(8)19)20-6-11(13,21)12(14,15)16/h3-5,8H,6,21H2,1-2H3. The van der Waals surface area contributed by atoms with E-state index in [1.807, 2.05) is 0 Å². The van der Waals surface area contributed by atoms with Crippen LogP contribution in [-0.2, 0) is 14.3 Å². The van der Waals surface area contributed by atoms with E-state index in [4.69, 9.17) is 4.74 Å². The fraction of sp³-hybridized carbons (Fsp3) is 0.500. The van der Waals surface area contributed by atoms with Crippen LogP contribution in [0.3, 0.4) is 0 Å². The third-order valence-electron chi connectivity index (χ3n) is 2.76. The summed E-state index contributed by atoms with van der Waals surface area (Å²) in [7, 11) is 2.43. The molecule has 0 fully saturated rings. The fourth-order valence-corrected chi connectivity index (χ4v) is 1.52. The van der Waals surface area contributed by atoms with Crippen molar-refractivity contribution in [1.29, 1.82) is 0 Å². The van der Waals surface area contributed by atoms with E-state index in [0.717, 1.165) is 15.3 Å². The number of ether oxygens (including phenoxy) is 1. The van der Waals surface area contributed by atoms with Crippen LogP contribution >= 0.6 is 9.24 Å². The molecule has 0 bridgehead atoms. The van der Waals surface area contributed by atoms with Gasteiger partial charge in [-0.25, -0.2) is 4.39 Å². The quantitative estimate of drug-likeness (QED) is 0.451. The minimum atomic E-state index is -5.12. The summed E-state index contributed by atoms with van der Waals surface area (Å²) in [6.45, 7) is -0.116. The van der Waals surface area contributed by atoms with E-state index in [-0.39, 0.29) is 5.88 Å². The van der Waals surface area contributed by atoms with Crippen LogP contribution in [0.4, 0.5) is 17.6 Å². The van der Waals surface area contributed by atoms with Crippen molar-refractivity contribution in [3.8, 4) is 0 Å². The maximum Gasteiger partial charge on any atom is 0.429 e. The number of carbonyl (C=O) groups is 2. The summed E-state index contributed by atoms with van der Waals surface area (Å²) in [6, 6.07) is 0. The van der Waals surface area contributed by atoms with Gasteiger partial charge in [-0.1, -0.05) is 9.24 Å². The van der Waals surface area contributed by atoms with Crippen molar-refractivity contribution < 1.29 is 31.9 Å². The van der Waals surface area contributed by atoms with Crippen molar-refractivity contribution in [2.45, 2.75) is 18.5 Å². The lowest BCUT2D eigenvalue weighted by atomic mass is 10.0. The van der Waals surface area contributed by atoms with Gasteiger partial charge in [-0.05, 0) is 13.0 Å². The van der Waals surface area contributed by atoms with Gasteiger partial charge >= 0.3 is 6.18 Å². The Balaban J connectivity index is 2.89. The van der Waals surface area contributed by atoms with E-state index in [2.05, 4.69) is 0 Å².